The van der Waals surface area contributed by atoms with Crippen LogP contribution in [-0.2, 0) is 10.0 Å². The molecule has 6 nitrogen and oxygen atoms in total. The van der Waals surface area contributed by atoms with Gasteiger partial charge in [0.25, 0.3) is 0 Å². The zero-order valence-electron chi connectivity index (χ0n) is 14.3. The zero-order chi connectivity index (χ0) is 17.0. The molecule has 0 saturated carbocycles. The van der Waals surface area contributed by atoms with E-state index in [1.807, 2.05) is 31.7 Å². The fourth-order valence-corrected chi connectivity index (χ4v) is 4.55. The average Bonchev–Trinajstić information content (AvgIpc) is 2.84. The number of H-pyrrole nitrogens is 1. The van der Waals surface area contributed by atoms with Crippen molar-refractivity contribution in [1.82, 2.24) is 14.2 Å². The number of aromatic nitrogens is 1. The number of carbonyl (C=O) groups excluding carboxylic acids is 1. The van der Waals surface area contributed by atoms with Crippen molar-refractivity contribution in [1.29, 1.82) is 0 Å². The molecule has 0 amide bonds. The Kier molecular flexibility index (Phi) is 6.00. The number of aryl methyl sites for hydroxylation is 2. The van der Waals surface area contributed by atoms with E-state index >= 15 is 0 Å². The van der Waals surface area contributed by atoms with E-state index in [1.165, 1.54) is 0 Å². The minimum Gasteiger partial charge on any atom is -0.362 e. The van der Waals surface area contributed by atoms with Gasteiger partial charge in [-0.25, -0.2) is 8.42 Å². The first-order valence-electron chi connectivity index (χ1n) is 8.23. The highest BCUT2D eigenvalue weighted by atomic mass is 32.2. The lowest BCUT2D eigenvalue weighted by Crippen LogP contribution is -2.50. The summed E-state index contributed by atoms with van der Waals surface area (Å²) in [5.41, 5.74) is 2.62. The molecule has 23 heavy (non-hydrogen) atoms. The normalized spacial score (nSPS) is 17.5. The first kappa shape index (κ1) is 18.2. The first-order chi connectivity index (χ1) is 10.8. The molecule has 1 fully saturated rings. The predicted molar refractivity (Wildman–Crippen MR) is 91.3 cm³/mol. The van der Waals surface area contributed by atoms with Crippen LogP contribution in [-0.4, -0.2) is 66.9 Å². The smallest absolute Gasteiger partial charge is 0.214 e. The van der Waals surface area contributed by atoms with Crippen molar-refractivity contribution in [2.75, 3.05) is 38.5 Å². The van der Waals surface area contributed by atoms with Crippen molar-refractivity contribution in [3.05, 3.63) is 23.0 Å². The first-order valence-corrected chi connectivity index (χ1v) is 9.84. The number of hydrogen-bond acceptors (Lipinski definition) is 4. The molecule has 130 valence electrons. The van der Waals surface area contributed by atoms with Gasteiger partial charge in [0.2, 0.25) is 10.0 Å². The number of rotatable bonds is 7. The summed E-state index contributed by atoms with van der Waals surface area (Å²) in [4.78, 5) is 17.6. The Morgan fingerprint density at radius 3 is 2.39 bits per heavy atom. The third-order valence-corrected chi connectivity index (χ3v) is 6.25. The number of carbonyl (C=O) groups is 1. The molecule has 1 N–H and O–H groups in total. The molecule has 0 radical (unpaired) electrons. The van der Waals surface area contributed by atoms with Crippen LogP contribution in [0.5, 0.6) is 0 Å². The van der Waals surface area contributed by atoms with E-state index in [0.717, 1.165) is 23.4 Å². The molecule has 0 aliphatic carbocycles. The van der Waals surface area contributed by atoms with E-state index in [4.69, 9.17) is 0 Å². The molecule has 1 aliphatic heterocycles. The minimum absolute atomic E-state index is 0.0918. The maximum Gasteiger partial charge on any atom is 0.214 e. The Bertz CT molecular complexity index is 644. The molecule has 0 aromatic carbocycles. The van der Waals surface area contributed by atoms with Crippen LogP contribution in [0.4, 0.5) is 0 Å². The molecule has 0 bridgehead atoms. The number of ketones is 1. The summed E-state index contributed by atoms with van der Waals surface area (Å²) in [6, 6.07) is 1.88. The Hall–Kier alpha value is -1.18. The molecule has 2 heterocycles. The van der Waals surface area contributed by atoms with Crippen LogP contribution in [0.1, 0.15) is 41.5 Å². The van der Waals surface area contributed by atoms with Crippen LogP contribution in [0.2, 0.25) is 0 Å². The lowest BCUT2D eigenvalue weighted by Gasteiger charge is -2.33. The zero-order valence-corrected chi connectivity index (χ0v) is 15.1. The Balaban J connectivity index is 1.87. The highest BCUT2D eigenvalue weighted by Crippen LogP contribution is 2.13. The van der Waals surface area contributed by atoms with Crippen LogP contribution in [0.25, 0.3) is 0 Å². The van der Waals surface area contributed by atoms with Gasteiger partial charge in [-0.2, -0.15) is 4.31 Å². The monoisotopic (exact) mass is 341 g/mol. The summed E-state index contributed by atoms with van der Waals surface area (Å²) < 4.78 is 25.9. The predicted octanol–water partition coefficient (Wildman–Crippen LogP) is 1.56. The summed E-state index contributed by atoms with van der Waals surface area (Å²) in [5.74, 6) is 0.318. The van der Waals surface area contributed by atoms with Crippen LogP contribution < -0.4 is 0 Å². The van der Waals surface area contributed by atoms with E-state index in [1.54, 1.807) is 4.31 Å². The van der Waals surface area contributed by atoms with Gasteiger partial charge < -0.3 is 4.98 Å². The van der Waals surface area contributed by atoms with Gasteiger partial charge in [-0.05, 0) is 26.3 Å². The molecule has 0 unspecified atom stereocenters. The average molecular weight is 341 g/mol. The van der Waals surface area contributed by atoms with Crippen molar-refractivity contribution in [3.63, 3.8) is 0 Å². The highest BCUT2D eigenvalue weighted by molar-refractivity contribution is 7.89. The summed E-state index contributed by atoms with van der Waals surface area (Å²) in [6.45, 7) is 8.35. The van der Waals surface area contributed by atoms with E-state index in [-0.39, 0.29) is 11.5 Å². The van der Waals surface area contributed by atoms with Gasteiger partial charge in [0.05, 0.1) is 12.3 Å². The number of Topliss-reactive ketones (excluding diaryl/α,β-unsaturated/α-hetero) is 1. The molecule has 1 aromatic rings. The van der Waals surface area contributed by atoms with E-state index in [9.17, 15) is 13.2 Å². The van der Waals surface area contributed by atoms with Crippen LogP contribution in [0, 0.1) is 13.8 Å². The molecule has 7 heteroatoms. The number of nitrogens with one attached hydrogen (secondary N) is 1. The van der Waals surface area contributed by atoms with E-state index in [2.05, 4.69) is 4.98 Å². The second-order valence-corrected chi connectivity index (χ2v) is 8.35. The third-order valence-electron chi connectivity index (χ3n) is 4.30. The molecule has 0 spiro atoms. The molecule has 2 rings (SSSR count). The van der Waals surface area contributed by atoms with Crippen LogP contribution >= 0.6 is 0 Å². The number of hydrogen-bond donors (Lipinski definition) is 1. The number of sulfonamides is 1. The Labute approximate surface area is 138 Å². The third kappa shape index (κ3) is 4.65. The Morgan fingerprint density at radius 1 is 1.22 bits per heavy atom. The molecule has 1 aromatic heterocycles. The molecular formula is C16H27N3O3S. The highest BCUT2D eigenvalue weighted by Gasteiger charge is 2.27. The number of nitrogens with zero attached hydrogens (tertiary/aromatic N) is 2. The quantitative estimate of drug-likeness (QED) is 0.764. The fraction of sp³-hybridized carbons (Fsp3) is 0.688. The van der Waals surface area contributed by atoms with Gasteiger partial charge in [-0.15, -0.1) is 0 Å². The molecule has 0 atom stereocenters. The summed E-state index contributed by atoms with van der Waals surface area (Å²) in [7, 11) is -3.14. The van der Waals surface area contributed by atoms with Gasteiger partial charge in [0.1, 0.15) is 0 Å². The maximum absolute atomic E-state index is 12.4. The van der Waals surface area contributed by atoms with E-state index < -0.39 is 10.0 Å². The van der Waals surface area contributed by atoms with Gasteiger partial charge in [0.15, 0.2) is 5.78 Å². The number of unbranched alkanes of at least 4 members (excludes halogenated alkanes) is 1. The molecule has 1 saturated heterocycles. The van der Waals surface area contributed by atoms with Crippen LogP contribution in [0.15, 0.2) is 6.07 Å². The van der Waals surface area contributed by atoms with Crippen molar-refractivity contribution < 1.29 is 13.2 Å². The number of piperazine rings is 1. The van der Waals surface area contributed by atoms with Gasteiger partial charge in [-0.3, -0.25) is 9.69 Å². The SMILES string of the molecule is CCCCS(=O)(=O)N1CCN(CC(=O)c2cc(C)[nH]c2C)CC1. The largest absolute Gasteiger partial charge is 0.362 e. The van der Waals surface area contributed by atoms with Crippen molar-refractivity contribution in [2.45, 2.75) is 33.6 Å². The van der Waals surface area contributed by atoms with E-state index in [0.29, 0.717) is 39.1 Å². The van der Waals surface area contributed by atoms with Crippen LogP contribution in [0.3, 0.4) is 0 Å². The van der Waals surface area contributed by atoms with Gasteiger partial charge >= 0.3 is 0 Å². The van der Waals surface area contributed by atoms with Crippen molar-refractivity contribution in [3.8, 4) is 0 Å². The fourth-order valence-electron chi connectivity index (χ4n) is 2.92. The lowest BCUT2D eigenvalue weighted by molar-refractivity contribution is 0.0901. The minimum atomic E-state index is -3.14. The second-order valence-electron chi connectivity index (χ2n) is 6.26. The maximum atomic E-state index is 12.4. The molecular weight excluding hydrogens is 314 g/mol. The second kappa shape index (κ2) is 7.59. The summed E-state index contributed by atoms with van der Waals surface area (Å²) in [5, 5.41) is 0. The lowest BCUT2D eigenvalue weighted by atomic mass is 10.1. The standard InChI is InChI=1S/C16H27N3O3S/c1-4-5-10-23(21,22)19-8-6-18(7-9-19)12-16(20)15-11-13(2)17-14(15)3/h11,17H,4-10,12H2,1-3H3. The summed E-state index contributed by atoms with van der Waals surface area (Å²) in [6.07, 6.45) is 1.58. The summed E-state index contributed by atoms with van der Waals surface area (Å²) >= 11 is 0. The van der Waals surface area contributed by atoms with Gasteiger partial charge in [-0.1, -0.05) is 13.3 Å². The van der Waals surface area contributed by atoms with Crippen molar-refractivity contribution >= 4 is 15.8 Å². The number of aromatic amines is 1. The van der Waals surface area contributed by atoms with Gasteiger partial charge in [0, 0.05) is 43.1 Å². The van der Waals surface area contributed by atoms with Crippen molar-refractivity contribution in [2.24, 2.45) is 0 Å². The Morgan fingerprint density at radius 2 is 1.87 bits per heavy atom. The topological polar surface area (TPSA) is 73.5 Å². The molecule has 1 aliphatic rings.